The normalized spacial score (nSPS) is 20.4. The second kappa shape index (κ2) is 5.94. The van der Waals surface area contributed by atoms with Gasteiger partial charge in [0.05, 0.1) is 5.92 Å². The van der Waals surface area contributed by atoms with Gasteiger partial charge in [0.1, 0.15) is 0 Å². The Bertz CT molecular complexity index is 528. The van der Waals surface area contributed by atoms with E-state index in [0.717, 1.165) is 18.5 Å². The van der Waals surface area contributed by atoms with Crippen molar-refractivity contribution in [1.82, 2.24) is 0 Å². The van der Waals surface area contributed by atoms with E-state index in [1.165, 1.54) is 5.56 Å². The highest BCUT2D eigenvalue weighted by Crippen LogP contribution is 2.32. The molecular formula is C15H21N3O2. The van der Waals surface area contributed by atoms with Gasteiger partial charge in [-0.2, -0.15) is 0 Å². The van der Waals surface area contributed by atoms with E-state index in [4.69, 9.17) is 10.9 Å². The van der Waals surface area contributed by atoms with Crippen LogP contribution in [0.1, 0.15) is 32.3 Å². The highest BCUT2D eigenvalue weighted by Gasteiger charge is 2.33. The molecule has 1 aliphatic heterocycles. The first-order valence-corrected chi connectivity index (χ1v) is 6.98. The quantitative estimate of drug-likeness (QED) is 0.384. The van der Waals surface area contributed by atoms with Crippen LogP contribution in [-0.2, 0) is 11.2 Å². The summed E-state index contributed by atoms with van der Waals surface area (Å²) in [5.74, 6) is -0.691. The first-order chi connectivity index (χ1) is 9.60. The van der Waals surface area contributed by atoms with E-state index in [-0.39, 0.29) is 17.8 Å². The molecule has 0 aliphatic carbocycles. The highest BCUT2D eigenvalue weighted by molar-refractivity contribution is 6.09. The predicted molar refractivity (Wildman–Crippen MR) is 78.9 cm³/mol. The summed E-state index contributed by atoms with van der Waals surface area (Å²) in [6.45, 7) is 3.90. The standard InChI is InChI=1S/C15H21N3O2/c1-3-12(14(16)17-20)15(19)18-10(2)8-9-11-6-4-5-7-13(11)18/h4-7,10,12,20H,3,8-9H2,1-2H3,(H2,16,17). The lowest BCUT2D eigenvalue weighted by Crippen LogP contribution is -2.48. The summed E-state index contributed by atoms with van der Waals surface area (Å²) in [6.07, 6.45) is 2.41. The summed E-state index contributed by atoms with van der Waals surface area (Å²) in [6, 6.07) is 8.05. The Balaban J connectivity index is 2.38. The minimum atomic E-state index is -0.575. The zero-order valence-corrected chi connectivity index (χ0v) is 11.9. The SMILES string of the molecule is CCC(C(=O)N1c2ccccc2CCC1C)C(N)=NO. The van der Waals surface area contributed by atoms with Crippen molar-refractivity contribution in [3.05, 3.63) is 29.8 Å². The monoisotopic (exact) mass is 275 g/mol. The number of anilines is 1. The van der Waals surface area contributed by atoms with Crippen LogP contribution >= 0.6 is 0 Å². The largest absolute Gasteiger partial charge is 0.409 e. The van der Waals surface area contributed by atoms with E-state index in [1.807, 2.05) is 38.1 Å². The van der Waals surface area contributed by atoms with Crippen LogP contribution in [0, 0.1) is 5.92 Å². The third kappa shape index (κ3) is 2.48. The summed E-state index contributed by atoms with van der Waals surface area (Å²) in [7, 11) is 0. The molecule has 5 nitrogen and oxygen atoms in total. The molecule has 0 fully saturated rings. The van der Waals surface area contributed by atoms with Crippen molar-refractivity contribution < 1.29 is 10.0 Å². The van der Waals surface area contributed by atoms with E-state index in [1.54, 1.807) is 4.90 Å². The molecule has 108 valence electrons. The fraction of sp³-hybridized carbons (Fsp3) is 0.467. The maximum atomic E-state index is 12.8. The summed E-state index contributed by atoms with van der Waals surface area (Å²) in [5.41, 5.74) is 7.77. The van der Waals surface area contributed by atoms with E-state index in [2.05, 4.69) is 5.16 Å². The Morgan fingerprint density at radius 1 is 1.55 bits per heavy atom. The van der Waals surface area contributed by atoms with Crippen LogP contribution in [0.5, 0.6) is 0 Å². The molecule has 0 spiro atoms. The highest BCUT2D eigenvalue weighted by atomic mass is 16.4. The Labute approximate surface area is 119 Å². The molecule has 2 unspecified atom stereocenters. The second-order valence-corrected chi connectivity index (χ2v) is 5.21. The fourth-order valence-corrected chi connectivity index (χ4v) is 2.77. The lowest BCUT2D eigenvalue weighted by molar-refractivity contribution is -0.121. The summed E-state index contributed by atoms with van der Waals surface area (Å²) in [4.78, 5) is 14.6. The predicted octanol–water partition coefficient (Wildman–Crippen LogP) is 2.13. The van der Waals surface area contributed by atoms with Crippen molar-refractivity contribution in [2.24, 2.45) is 16.8 Å². The minimum Gasteiger partial charge on any atom is -0.409 e. The van der Waals surface area contributed by atoms with Gasteiger partial charge < -0.3 is 15.8 Å². The molecule has 2 rings (SSSR count). The topological polar surface area (TPSA) is 78.9 Å². The number of hydrogen-bond acceptors (Lipinski definition) is 3. The molecule has 0 bridgehead atoms. The molecule has 20 heavy (non-hydrogen) atoms. The van der Waals surface area contributed by atoms with Gasteiger partial charge in [0.25, 0.3) is 0 Å². The number of hydrogen-bond donors (Lipinski definition) is 2. The van der Waals surface area contributed by atoms with Crippen LogP contribution in [-0.4, -0.2) is 23.0 Å². The number of rotatable bonds is 3. The third-order valence-electron chi connectivity index (χ3n) is 3.94. The molecule has 5 heteroatoms. The number of carbonyl (C=O) groups excluding carboxylic acids is 1. The number of benzene rings is 1. The number of amides is 1. The molecule has 0 radical (unpaired) electrons. The smallest absolute Gasteiger partial charge is 0.238 e. The number of para-hydroxylation sites is 1. The molecule has 1 heterocycles. The zero-order chi connectivity index (χ0) is 14.7. The zero-order valence-electron chi connectivity index (χ0n) is 11.9. The molecule has 2 atom stereocenters. The van der Waals surface area contributed by atoms with Crippen molar-refractivity contribution >= 4 is 17.4 Å². The van der Waals surface area contributed by atoms with Gasteiger partial charge in [0.2, 0.25) is 5.91 Å². The summed E-state index contributed by atoms with van der Waals surface area (Å²) in [5, 5.41) is 11.8. The Morgan fingerprint density at radius 3 is 2.90 bits per heavy atom. The van der Waals surface area contributed by atoms with Gasteiger partial charge in [-0.25, -0.2) is 0 Å². The van der Waals surface area contributed by atoms with Crippen LogP contribution in [0.4, 0.5) is 5.69 Å². The molecule has 0 saturated carbocycles. The minimum absolute atomic E-state index is 0.0206. The van der Waals surface area contributed by atoms with E-state index < -0.39 is 5.92 Å². The molecule has 0 aromatic heterocycles. The van der Waals surface area contributed by atoms with Crippen LogP contribution in [0.25, 0.3) is 0 Å². The number of aryl methyl sites for hydroxylation is 1. The van der Waals surface area contributed by atoms with Crippen molar-refractivity contribution in [1.29, 1.82) is 0 Å². The van der Waals surface area contributed by atoms with E-state index >= 15 is 0 Å². The van der Waals surface area contributed by atoms with Crippen LogP contribution < -0.4 is 10.6 Å². The molecular weight excluding hydrogens is 254 g/mol. The number of nitrogens with two attached hydrogens (primary N) is 1. The summed E-state index contributed by atoms with van der Waals surface area (Å²) >= 11 is 0. The Kier molecular flexibility index (Phi) is 4.27. The number of carbonyl (C=O) groups is 1. The van der Waals surface area contributed by atoms with E-state index in [0.29, 0.717) is 6.42 Å². The maximum absolute atomic E-state index is 12.8. The van der Waals surface area contributed by atoms with Crippen molar-refractivity contribution in [2.45, 2.75) is 39.2 Å². The Hall–Kier alpha value is -2.04. The lowest BCUT2D eigenvalue weighted by atomic mass is 9.93. The number of fused-ring (bicyclic) bond motifs is 1. The molecule has 1 aromatic carbocycles. The first kappa shape index (κ1) is 14.4. The van der Waals surface area contributed by atoms with Gasteiger partial charge in [-0.3, -0.25) is 4.79 Å². The maximum Gasteiger partial charge on any atom is 0.238 e. The number of oxime groups is 1. The van der Waals surface area contributed by atoms with Gasteiger partial charge in [-0.05, 0) is 37.8 Å². The Morgan fingerprint density at radius 2 is 2.25 bits per heavy atom. The number of amidine groups is 1. The second-order valence-electron chi connectivity index (χ2n) is 5.21. The average molecular weight is 275 g/mol. The van der Waals surface area contributed by atoms with Crippen molar-refractivity contribution in [3.63, 3.8) is 0 Å². The van der Waals surface area contributed by atoms with Gasteiger partial charge in [-0.1, -0.05) is 30.3 Å². The van der Waals surface area contributed by atoms with Gasteiger partial charge >= 0.3 is 0 Å². The van der Waals surface area contributed by atoms with Crippen LogP contribution in [0.15, 0.2) is 29.4 Å². The molecule has 0 saturated heterocycles. The van der Waals surface area contributed by atoms with Crippen LogP contribution in [0.2, 0.25) is 0 Å². The first-order valence-electron chi connectivity index (χ1n) is 6.98. The van der Waals surface area contributed by atoms with Crippen molar-refractivity contribution in [3.8, 4) is 0 Å². The lowest BCUT2D eigenvalue weighted by Gasteiger charge is -2.37. The molecule has 1 aliphatic rings. The van der Waals surface area contributed by atoms with E-state index in [9.17, 15) is 4.79 Å². The fourth-order valence-electron chi connectivity index (χ4n) is 2.77. The molecule has 1 aromatic rings. The van der Waals surface area contributed by atoms with Gasteiger partial charge in [0, 0.05) is 11.7 Å². The van der Waals surface area contributed by atoms with Gasteiger partial charge in [0.15, 0.2) is 5.84 Å². The van der Waals surface area contributed by atoms with Crippen molar-refractivity contribution in [2.75, 3.05) is 4.90 Å². The molecule has 1 amide bonds. The average Bonchev–Trinajstić information content (AvgIpc) is 2.47. The van der Waals surface area contributed by atoms with Gasteiger partial charge in [-0.15, -0.1) is 0 Å². The molecule has 3 N–H and O–H groups in total. The summed E-state index contributed by atoms with van der Waals surface area (Å²) < 4.78 is 0. The third-order valence-corrected chi connectivity index (χ3v) is 3.94. The van der Waals surface area contributed by atoms with Crippen LogP contribution in [0.3, 0.4) is 0 Å². The number of nitrogens with zero attached hydrogens (tertiary/aromatic N) is 2.